The first-order valence-electron chi connectivity index (χ1n) is 7.07. The number of carbonyl (C=O) groups is 1. The second kappa shape index (κ2) is 6.70. The molecule has 2 rings (SSSR count). The Kier molecular flexibility index (Phi) is 5.09. The van der Waals surface area contributed by atoms with E-state index in [4.69, 9.17) is 0 Å². The van der Waals surface area contributed by atoms with Crippen molar-refractivity contribution >= 4 is 17.2 Å². The van der Waals surface area contributed by atoms with Gasteiger partial charge in [-0.3, -0.25) is 4.79 Å². The Morgan fingerprint density at radius 1 is 1.30 bits per heavy atom. The average Bonchev–Trinajstić information content (AvgIpc) is 2.77. The quantitative estimate of drug-likeness (QED) is 0.905. The van der Waals surface area contributed by atoms with Crippen LogP contribution < -0.4 is 5.32 Å². The highest BCUT2D eigenvalue weighted by atomic mass is 32.1. The smallest absolute Gasteiger partial charge is 0.348 e. The van der Waals surface area contributed by atoms with Crippen molar-refractivity contribution in [3.8, 4) is 0 Å². The van der Waals surface area contributed by atoms with Crippen LogP contribution in [-0.4, -0.2) is 10.9 Å². The van der Waals surface area contributed by atoms with Crippen molar-refractivity contribution in [1.82, 2.24) is 10.3 Å². The molecule has 0 fully saturated rings. The fourth-order valence-electron chi connectivity index (χ4n) is 2.43. The van der Waals surface area contributed by atoms with Crippen LogP contribution in [0.1, 0.15) is 39.7 Å². The third-order valence-corrected chi connectivity index (χ3v) is 4.30. The molecule has 1 amide bonds. The number of benzene rings is 1. The van der Waals surface area contributed by atoms with Gasteiger partial charge in [-0.2, -0.15) is 13.2 Å². The summed E-state index contributed by atoms with van der Waals surface area (Å²) in [5.74, 6) is -0.459. The molecule has 0 unspecified atom stereocenters. The zero-order valence-corrected chi connectivity index (χ0v) is 13.8. The number of aromatic nitrogens is 1. The Bertz CT molecular complexity index is 710. The molecule has 0 aliphatic carbocycles. The van der Waals surface area contributed by atoms with Crippen LogP contribution in [0.2, 0.25) is 0 Å². The Morgan fingerprint density at radius 3 is 2.52 bits per heavy atom. The molecule has 1 heterocycles. The minimum atomic E-state index is -4.47. The molecule has 0 aliphatic heterocycles. The molecular weight excluding hydrogens is 325 g/mol. The van der Waals surface area contributed by atoms with Crippen molar-refractivity contribution in [2.24, 2.45) is 0 Å². The van der Waals surface area contributed by atoms with Gasteiger partial charge in [-0.15, -0.1) is 11.3 Å². The van der Waals surface area contributed by atoms with Gasteiger partial charge in [0.25, 0.3) is 0 Å². The molecule has 1 aromatic heterocycles. The van der Waals surface area contributed by atoms with Crippen LogP contribution in [-0.2, 0) is 17.4 Å². The van der Waals surface area contributed by atoms with Crippen LogP contribution >= 0.6 is 11.3 Å². The van der Waals surface area contributed by atoms with Gasteiger partial charge in [0.1, 0.15) is 0 Å². The summed E-state index contributed by atoms with van der Waals surface area (Å²) in [7, 11) is 0. The maximum Gasteiger partial charge on any atom is 0.416 e. The van der Waals surface area contributed by atoms with Crippen molar-refractivity contribution in [3.05, 3.63) is 51.0 Å². The molecule has 0 bridgehead atoms. The van der Waals surface area contributed by atoms with Crippen LogP contribution in [0.15, 0.2) is 24.3 Å². The van der Waals surface area contributed by atoms with Gasteiger partial charge in [0.2, 0.25) is 5.91 Å². The second-order valence-corrected chi connectivity index (χ2v) is 6.70. The van der Waals surface area contributed by atoms with E-state index in [-0.39, 0.29) is 18.0 Å². The topological polar surface area (TPSA) is 42.0 Å². The number of thiazole rings is 1. The van der Waals surface area contributed by atoms with Crippen LogP contribution in [0, 0.1) is 13.8 Å². The Morgan fingerprint density at radius 2 is 1.96 bits per heavy atom. The number of amides is 1. The molecule has 0 radical (unpaired) electrons. The molecule has 124 valence electrons. The summed E-state index contributed by atoms with van der Waals surface area (Å²) in [6.07, 6.45) is -4.78. The predicted octanol–water partition coefficient (Wildman–Crippen LogP) is 4.20. The number of rotatable bonds is 4. The summed E-state index contributed by atoms with van der Waals surface area (Å²) in [6, 6.07) is 4.78. The van der Waals surface area contributed by atoms with Crippen molar-refractivity contribution in [3.63, 3.8) is 0 Å². The lowest BCUT2D eigenvalue weighted by atomic mass is 10.0. The molecule has 0 saturated heterocycles. The first-order chi connectivity index (χ1) is 10.7. The number of alkyl halides is 3. The normalized spacial score (nSPS) is 13.0. The van der Waals surface area contributed by atoms with Crippen LogP contribution in [0.5, 0.6) is 0 Å². The Hall–Kier alpha value is -1.89. The highest BCUT2D eigenvalue weighted by molar-refractivity contribution is 7.11. The van der Waals surface area contributed by atoms with E-state index in [0.29, 0.717) is 0 Å². The molecule has 1 atom stereocenters. The van der Waals surface area contributed by atoms with Gasteiger partial charge in [-0.05, 0) is 32.4 Å². The van der Waals surface area contributed by atoms with E-state index in [0.717, 1.165) is 21.6 Å². The molecule has 1 N–H and O–H groups in total. The van der Waals surface area contributed by atoms with E-state index in [1.54, 1.807) is 6.92 Å². The maximum atomic E-state index is 12.9. The van der Waals surface area contributed by atoms with Gasteiger partial charge in [0.15, 0.2) is 0 Å². The van der Waals surface area contributed by atoms with E-state index < -0.39 is 17.6 Å². The average molecular weight is 342 g/mol. The summed E-state index contributed by atoms with van der Waals surface area (Å²) in [5, 5.41) is 3.61. The molecule has 23 heavy (non-hydrogen) atoms. The van der Waals surface area contributed by atoms with Gasteiger partial charge in [-0.25, -0.2) is 4.98 Å². The summed E-state index contributed by atoms with van der Waals surface area (Å²) in [6.45, 7) is 5.55. The number of hydrogen-bond donors (Lipinski definition) is 1. The molecular formula is C16H17F3N2OS. The van der Waals surface area contributed by atoms with Gasteiger partial charge >= 0.3 is 6.18 Å². The number of hydrogen-bond acceptors (Lipinski definition) is 3. The molecule has 0 aliphatic rings. The van der Waals surface area contributed by atoms with E-state index in [2.05, 4.69) is 10.3 Å². The fraction of sp³-hybridized carbons (Fsp3) is 0.375. The highest BCUT2D eigenvalue weighted by Gasteiger charge is 2.33. The predicted molar refractivity (Wildman–Crippen MR) is 83.3 cm³/mol. The second-order valence-electron chi connectivity index (χ2n) is 5.30. The lowest BCUT2D eigenvalue weighted by molar-refractivity contribution is -0.138. The number of nitrogens with one attached hydrogen (secondary N) is 1. The van der Waals surface area contributed by atoms with Gasteiger partial charge in [0.05, 0.1) is 28.7 Å². The SMILES string of the molecule is Cc1nc([C@@H](C)NC(=O)Cc2ccccc2C(F)(F)F)c(C)s1. The van der Waals surface area contributed by atoms with Gasteiger partial charge < -0.3 is 5.32 Å². The summed E-state index contributed by atoms with van der Waals surface area (Å²) < 4.78 is 38.8. The molecule has 2 aromatic rings. The minimum absolute atomic E-state index is 0.0316. The Balaban J connectivity index is 2.10. The number of nitrogens with zero attached hydrogens (tertiary/aromatic N) is 1. The number of halogens is 3. The standard InChI is InChI=1S/C16H17F3N2OS/c1-9(15-10(2)23-11(3)21-15)20-14(22)8-12-6-4-5-7-13(12)16(17,18)19/h4-7,9H,8H2,1-3H3,(H,20,22)/t9-/m1/s1. The van der Waals surface area contributed by atoms with E-state index >= 15 is 0 Å². The van der Waals surface area contributed by atoms with E-state index in [1.165, 1.54) is 29.5 Å². The maximum absolute atomic E-state index is 12.9. The number of carbonyl (C=O) groups excluding carboxylic acids is 1. The van der Waals surface area contributed by atoms with Gasteiger partial charge in [0, 0.05) is 4.88 Å². The van der Waals surface area contributed by atoms with Crippen molar-refractivity contribution in [1.29, 1.82) is 0 Å². The molecule has 0 spiro atoms. The lowest BCUT2D eigenvalue weighted by Gasteiger charge is -2.15. The van der Waals surface area contributed by atoms with Crippen LogP contribution in [0.3, 0.4) is 0 Å². The first-order valence-corrected chi connectivity index (χ1v) is 7.88. The van der Waals surface area contributed by atoms with Crippen molar-refractivity contribution in [2.75, 3.05) is 0 Å². The fourth-order valence-corrected chi connectivity index (χ4v) is 3.35. The monoisotopic (exact) mass is 342 g/mol. The van der Waals surface area contributed by atoms with Crippen molar-refractivity contribution in [2.45, 2.75) is 39.4 Å². The van der Waals surface area contributed by atoms with Crippen LogP contribution in [0.4, 0.5) is 13.2 Å². The molecule has 7 heteroatoms. The summed E-state index contributed by atoms with van der Waals surface area (Å²) in [4.78, 5) is 17.4. The molecule has 0 saturated carbocycles. The lowest BCUT2D eigenvalue weighted by Crippen LogP contribution is -2.29. The third kappa shape index (κ3) is 4.31. The minimum Gasteiger partial charge on any atom is -0.348 e. The summed E-state index contributed by atoms with van der Waals surface area (Å²) in [5.41, 5.74) is -0.0516. The Labute approximate surface area is 136 Å². The highest BCUT2D eigenvalue weighted by Crippen LogP contribution is 2.32. The first kappa shape index (κ1) is 17.5. The molecule has 3 nitrogen and oxygen atoms in total. The van der Waals surface area contributed by atoms with Gasteiger partial charge in [-0.1, -0.05) is 18.2 Å². The summed E-state index contributed by atoms with van der Waals surface area (Å²) >= 11 is 1.52. The zero-order chi connectivity index (χ0) is 17.2. The van der Waals surface area contributed by atoms with E-state index in [1.807, 2.05) is 13.8 Å². The van der Waals surface area contributed by atoms with Crippen LogP contribution in [0.25, 0.3) is 0 Å². The molecule has 1 aromatic carbocycles. The number of aryl methyl sites for hydroxylation is 2. The zero-order valence-electron chi connectivity index (χ0n) is 13.0. The van der Waals surface area contributed by atoms with E-state index in [9.17, 15) is 18.0 Å². The third-order valence-electron chi connectivity index (χ3n) is 3.40. The largest absolute Gasteiger partial charge is 0.416 e. The van der Waals surface area contributed by atoms with Crippen molar-refractivity contribution < 1.29 is 18.0 Å².